The predicted molar refractivity (Wildman–Crippen MR) is 94.4 cm³/mol. The van der Waals surface area contributed by atoms with Gasteiger partial charge in [-0.25, -0.2) is 0 Å². The number of carbonyl (C=O) groups excluding carboxylic acids is 1. The molecule has 0 unspecified atom stereocenters. The van der Waals surface area contributed by atoms with Crippen molar-refractivity contribution in [3.63, 3.8) is 0 Å². The van der Waals surface area contributed by atoms with E-state index in [1.54, 1.807) is 12.2 Å². The SMILES string of the molecule is CC(C)Oc1cccc(/C=C/C(=O)NCCc2ccccc2)c1. The number of nitrogens with one attached hydrogen (secondary N) is 1. The molecule has 0 atom stereocenters. The van der Waals surface area contributed by atoms with E-state index in [2.05, 4.69) is 17.4 Å². The van der Waals surface area contributed by atoms with E-state index >= 15 is 0 Å². The number of amides is 1. The summed E-state index contributed by atoms with van der Waals surface area (Å²) in [4.78, 5) is 11.8. The molecule has 1 amide bonds. The minimum atomic E-state index is -0.0869. The first-order valence-corrected chi connectivity index (χ1v) is 7.90. The van der Waals surface area contributed by atoms with Crippen LogP contribution in [-0.2, 0) is 11.2 Å². The van der Waals surface area contributed by atoms with Crippen molar-refractivity contribution in [3.05, 3.63) is 71.8 Å². The van der Waals surface area contributed by atoms with E-state index in [1.807, 2.05) is 56.3 Å². The van der Waals surface area contributed by atoms with Crippen molar-refractivity contribution >= 4 is 12.0 Å². The van der Waals surface area contributed by atoms with Gasteiger partial charge in [0.2, 0.25) is 5.91 Å². The lowest BCUT2D eigenvalue weighted by Gasteiger charge is -2.09. The van der Waals surface area contributed by atoms with Gasteiger partial charge in [-0.05, 0) is 49.6 Å². The average Bonchev–Trinajstić information content (AvgIpc) is 2.54. The monoisotopic (exact) mass is 309 g/mol. The molecule has 0 heterocycles. The zero-order valence-corrected chi connectivity index (χ0v) is 13.7. The minimum Gasteiger partial charge on any atom is -0.491 e. The fourth-order valence-electron chi connectivity index (χ4n) is 2.17. The third-order valence-electron chi connectivity index (χ3n) is 3.21. The van der Waals surface area contributed by atoms with Gasteiger partial charge in [-0.1, -0.05) is 42.5 Å². The molecule has 1 N–H and O–H groups in total. The summed E-state index contributed by atoms with van der Waals surface area (Å²) in [5.41, 5.74) is 2.16. The highest BCUT2D eigenvalue weighted by molar-refractivity contribution is 5.91. The molecular weight excluding hydrogens is 286 g/mol. The second-order valence-corrected chi connectivity index (χ2v) is 5.60. The molecule has 0 fully saturated rings. The molecule has 0 bridgehead atoms. The molecule has 2 rings (SSSR count). The Labute approximate surface area is 138 Å². The Bertz CT molecular complexity index is 648. The van der Waals surface area contributed by atoms with Crippen molar-refractivity contribution < 1.29 is 9.53 Å². The second kappa shape index (κ2) is 8.79. The molecule has 120 valence electrons. The molecule has 0 saturated heterocycles. The molecule has 3 nitrogen and oxygen atoms in total. The summed E-state index contributed by atoms with van der Waals surface area (Å²) in [6.45, 7) is 4.61. The van der Waals surface area contributed by atoms with E-state index in [9.17, 15) is 4.79 Å². The molecule has 3 heteroatoms. The van der Waals surface area contributed by atoms with Crippen molar-refractivity contribution in [2.45, 2.75) is 26.4 Å². The van der Waals surface area contributed by atoms with Gasteiger partial charge in [0.05, 0.1) is 6.10 Å². The molecule has 0 saturated carbocycles. The van der Waals surface area contributed by atoms with Crippen LogP contribution in [0.5, 0.6) is 5.75 Å². The summed E-state index contributed by atoms with van der Waals surface area (Å²) in [5.74, 6) is 0.725. The number of hydrogen-bond acceptors (Lipinski definition) is 2. The summed E-state index contributed by atoms with van der Waals surface area (Å²) >= 11 is 0. The highest BCUT2D eigenvalue weighted by Crippen LogP contribution is 2.15. The van der Waals surface area contributed by atoms with Gasteiger partial charge in [-0.15, -0.1) is 0 Å². The van der Waals surface area contributed by atoms with Crippen molar-refractivity contribution in [1.29, 1.82) is 0 Å². The molecule has 0 aliphatic rings. The summed E-state index contributed by atoms with van der Waals surface area (Å²) in [6, 6.07) is 17.8. The van der Waals surface area contributed by atoms with Crippen LogP contribution >= 0.6 is 0 Å². The summed E-state index contributed by atoms with van der Waals surface area (Å²) in [6.07, 6.45) is 4.32. The molecule has 2 aromatic carbocycles. The first kappa shape index (κ1) is 16.8. The van der Waals surface area contributed by atoms with Crippen LogP contribution in [0, 0.1) is 0 Å². The van der Waals surface area contributed by atoms with Gasteiger partial charge in [0.25, 0.3) is 0 Å². The summed E-state index contributed by atoms with van der Waals surface area (Å²) < 4.78 is 5.64. The zero-order valence-electron chi connectivity index (χ0n) is 13.7. The van der Waals surface area contributed by atoms with Crippen LogP contribution in [0.15, 0.2) is 60.7 Å². The van der Waals surface area contributed by atoms with Gasteiger partial charge in [-0.3, -0.25) is 4.79 Å². The summed E-state index contributed by atoms with van der Waals surface area (Å²) in [5, 5.41) is 2.89. The Morgan fingerprint density at radius 3 is 2.65 bits per heavy atom. The average molecular weight is 309 g/mol. The Hall–Kier alpha value is -2.55. The van der Waals surface area contributed by atoms with Crippen molar-refractivity contribution in [3.8, 4) is 5.75 Å². The Balaban J connectivity index is 1.81. The topological polar surface area (TPSA) is 38.3 Å². The minimum absolute atomic E-state index is 0.0869. The largest absolute Gasteiger partial charge is 0.491 e. The van der Waals surface area contributed by atoms with Gasteiger partial charge < -0.3 is 10.1 Å². The third-order valence-corrected chi connectivity index (χ3v) is 3.21. The van der Waals surface area contributed by atoms with E-state index in [1.165, 1.54) is 5.56 Å². The quantitative estimate of drug-likeness (QED) is 0.789. The maximum absolute atomic E-state index is 11.8. The highest BCUT2D eigenvalue weighted by atomic mass is 16.5. The van der Waals surface area contributed by atoms with Crippen molar-refractivity contribution in [1.82, 2.24) is 5.32 Å². The predicted octanol–water partition coefficient (Wildman–Crippen LogP) is 3.85. The van der Waals surface area contributed by atoms with Crippen LogP contribution in [0.25, 0.3) is 6.08 Å². The molecule has 0 spiro atoms. The maximum Gasteiger partial charge on any atom is 0.244 e. The molecule has 0 radical (unpaired) electrons. The van der Waals surface area contributed by atoms with Crippen molar-refractivity contribution in [2.24, 2.45) is 0 Å². The molecule has 0 aliphatic heterocycles. The van der Waals surface area contributed by atoms with Crippen LogP contribution < -0.4 is 10.1 Å². The lowest BCUT2D eigenvalue weighted by atomic mass is 10.1. The smallest absolute Gasteiger partial charge is 0.244 e. The van der Waals surface area contributed by atoms with Gasteiger partial charge >= 0.3 is 0 Å². The second-order valence-electron chi connectivity index (χ2n) is 5.60. The van der Waals surface area contributed by atoms with Crippen LogP contribution in [0.3, 0.4) is 0 Å². The highest BCUT2D eigenvalue weighted by Gasteiger charge is 1.99. The Morgan fingerprint density at radius 2 is 1.91 bits per heavy atom. The van der Waals surface area contributed by atoms with E-state index in [0.29, 0.717) is 6.54 Å². The van der Waals surface area contributed by atoms with Crippen molar-refractivity contribution in [2.75, 3.05) is 6.54 Å². The lowest BCUT2D eigenvalue weighted by Crippen LogP contribution is -2.23. The standard InChI is InChI=1S/C20H23NO2/c1-16(2)23-19-10-6-9-18(15-19)11-12-20(22)21-14-13-17-7-4-3-5-8-17/h3-12,15-16H,13-14H2,1-2H3,(H,21,22)/b12-11+. The fourth-order valence-corrected chi connectivity index (χ4v) is 2.17. The van der Waals surface area contributed by atoms with Crippen LogP contribution in [-0.4, -0.2) is 18.6 Å². The summed E-state index contributed by atoms with van der Waals surface area (Å²) in [7, 11) is 0. The Kier molecular flexibility index (Phi) is 6.42. The zero-order chi connectivity index (χ0) is 16.5. The number of rotatable bonds is 7. The third kappa shape index (κ3) is 6.39. The van der Waals surface area contributed by atoms with Gasteiger partial charge in [0.15, 0.2) is 0 Å². The Morgan fingerprint density at radius 1 is 1.13 bits per heavy atom. The molecule has 0 aliphatic carbocycles. The fraction of sp³-hybridized carbons (Fsp3) is 0.250. The van der Waals surface area contributed by atoms with Gasteiger partial charge in [0.1, 0.15) is 5.75 Å². The van der Waals surface area contributed by atoms with Crippen LogP contribution in [0.4, 0.5) is 0 Å². The van der Waals surface area contributed by atoms with Gasteiger partial charge in [0, 0.05) is 12.6 Å². The van der Waals surface area contributed by atoms with Crippen LogP contribution in [0.1, 0.15) is 25.0 Å². The molecule has 0 aromatic heterocycles. The van der Waals surface area contributed by atoms with Gasteiger partial charge in [-0.2, -0.15) is 0 Å². The first-order valence-electron chi connectivity index (χ1n) is 7.90. The number of benzene rings is 2. The molecule has 23 heavy (non-hydrogen) atoms. The normalized spacial score (nSPS) is 10.9. The molecule has 2 aromatic rings. The van der Waals surface area contributed by atoms with E-state index in [0.717, 1.165) is 17.7 Å². The van der Waals surface area contributed by atoms with E-state index < -0.39 is 0 Å². The lowest BCUT2D eigenvalue weighted by molar-refractivity contribution is -0.116. The number of carbonyl (C=O) groups is 1. The maximum atomic E-state index is 11.8. The first-order chi connectivity index (χ1) is 11.1. The molecular formula is C20H23NO2. The van der Waals surface area contributed by atoms with Crippen LogP contribution in [0.2, 0.25) is 0 Å². The van der Waals surface area contributed by atoms with E-state index in [-0.39, 0.29) is 12.0 Å². The van der Waals surface area contributed by atoms with E-state index in [4.69, 9.17) is 4.74 Å². The number of hydrogen-bond donors (Lipinski definition) is 1. The number of ether oxygens (including phenoxy) is 1.